The molecule has 2 nitrogen and oxygen atoms in total. The molecule has 0 amide bonds. The summed E-state index contributed by atoms with van der Waals surface area (Å²) < 4.78 is 7.17. The van der Waals surface area contributed by atoms with Crippen molar-refractivity contribution in [3.8, 4) is 33.4 Å². The fraction of sp³-hybridized carbons (Fsp3) is 0.0476. The van der Waals surface area contributed by atoms with Crippen LogP contribution in [0, 0.1) is 0 Å². The van der Waals surface area contributed by atoms with Gasteiger partial charge in [-0.1, -0.05) is 200 Å². The highest BCUT2D eigenvalue weighted by molar-refractivity contribution is 6.09. The largest absolute Gasteiger partial charge is 0.456 e. The number of hydrogen-bond acceptors (Lipinski definition) is 2. The maximum atomic E-state index is 7.17. The summed E-state index contributed by atoms with van der Waals surface area (Å²) in [5.41, 5.74) is 19.9. The van der Waals surface area contributed by atoms with Crippen LogP contribution in [0.5, 0.6) is 0 Å². The van der Waals surface area contributed by atoms with Crippen LogP contribution in [0.4, 0.5) is 17.1 Å². The number of fused-ring (bicyclic) bond motifs is 9. The predicted octanol–water partition coefficient (Wildman–Crippen LogP) is 16.4. The minimum Gasteiger partial charge on any atom is -0.456 e. The van der Waals surface area contributed by atoms with Gasteiger partial charge in [0.05, 0.1) is 11.1 Å². The molecule has 0 spiro atoms. The van der Waals surface area contributed by atoms with Crippen molar-refractivity contribution in [3.63, 3.8) is 0 Å². The number of nitrogens with zero attached hydrogens (tertiary/aromatic N) is 1. The zero-order chi connectivity index (χ0) is 43.1. The molecule has 2 aliphatic carbocycles. The Morgan fingerprint density at radius 3 is 1.51 bits per heavy atom. The van der Waals surface area contributed by atoms with Gasteiger partial charge in [-0.2, -0.15) is 0 Å². The van der Waals surface area contributed by atoms with E-state index < -0.39 is 10.8 Å². The molecule has 0 unspecified atom stereocenters. The summed E-state index contributed by atoms with van der Waals surface area (Å²) in [6.07, 6.45) is 0. The quantitative estimate of drug-likeness (QED) is 0.159. The van der Waals surface area contributed by atoms with Crippen LogP contribution in [-0.4, -0.2) is 0 Å². The van der Waals surface area contributed by atoms with Crippen molar-refractivity contribution in [2.75, 3.05) is 4.90 Å². The average Bonchev–Trinajstić information content (AvgIpc) is 3.99. The van der Waals surface area contributed by atoms with Crippen LogP contribution in [0.3, 0.4) is 0 Å². The van der Waals surface area contributed by atoms with E-state index in [0.29, 0.717) is 0 Å². The van der Waals surface area contributed by atoms with Gasteiger partial charge >= 0.3 is 0 Å². The van der Waals surface area contributed by atoms with E-state index in [1.54, 1.807) is 0 Å². The van der Waals surface area contributed by atoms with E-state index in [2.05, 4.69) is 254 Å². The molecule has 2 aliphatic rings. The summed E-state index contributed by atoms with van der Waals surface area (Å²) in [5.74, 6) is 0. The van der Waals surface area contributed by atoms with Gasteiger partial charge in [0.15, 0.2) is 0 Å². The van der Waals surface area contributed by atoms with Crippen LogP contribution in [0.15, 0.2) is 247 Å². The first-order chi connectivity index (χ1) is 32.1. The Bertz CT molecular complexity index is 3520. The first-order valence-corrected chi connectivity index (χ1v) is 22.6. The lowest BCUT2D eigenvalue weighted by molar-refractivity contribution is 0.638. The third kappa shape index (κ3) is 5.35. The molecular formula is C63H43NO. The highest BCUT2D eigenvalue weighted by atomic mass is 16.3. The average molecular weight is 830 g/mol. The van der Waals surface area contributed by atoms with Crippen molar-refractivity contribution in [1.29, 1.82) is 0 Å². The van der Waals surface area contributed by atoms with Gasteiger partial charge in [0.1, 0.15) is 11.2 Å². The Labute approximate surface area is 379 Å². The Kier molecular flexibility index (Phi) is 8.29. The van der Waals surface area contributed by atoms with Crippen molar-refractivity contribution in [3.05, 3.63) is 282 Å². The van der Waals surface area contributed by atoms with Crippen molar-refractivity contribution in [2.45, 2.75) is 17.8 Å². The second kappa shape index (κ2) is 14.4. The van der Waals surface area contributed by atoms with E-state index in [-0.39, 0.29) is 0 Å². The van der Waals surface area contributed by atoms with Crippen molar-refractivity contribution >= 4 is 39.0 Å². The third-order valence-electron chi connectivity index (χ3n) is 14.4. The van der Waals surface area contributed by atoms with Crippen molar-refractivity contribution < 1.29 is 4.42 Å². The Morgan fingerprint density at radius 2 is 0.862 bits per heavy atom. The van der Waals surface area contributed by atoms with Gasteiger partial charge < -0.3 is 9.32 Å². The SMILES string of the molecule is CC1(c2c(N(c3ccc(-c4ccccc4)cc3)c3ccc4c(c3)C(c3ccccc3)(c3ccccc3)c3ccccc3-4)ccc3c2oc2ccccc23)c2ccccc2-c2ccccc21. The lowest BCUT2D eigenvalue weighted by Gasteiger charge is -2.37. The van der Waals surface area contributed by atoms with E-state index in [4.69, 9.17) is 4.42 Å². The molecule has 306 valence electrons. The lowest BCUT2D eigenvalue weighted by atomic mass is 9.67. The van der Waals surface area contributed by atoms with Crippen LogP contribution in [0.2, 0.25) is 0 Å². The number of benzene rings is 10. The maximum Gasteiger partial charge on any atom is 0.141 e. The highest BCUT2D eigenvalue weighted by Crippen LogP contribution is 2.60. The predicted molar refractivity (Wildman–Crippen MR) is 269 cm³/mol. The first kappa shape index (κ1) is 37.4. The molecule has 0 atom stereocenters. The molecule has 0 fully saturated rings. The molecule has 13 rings (SSSR count). The molecule has 0 aliphatic heterocycles. The van der Waals surface area contributed by atoms with Crippen LogP contribution in [0.1, 0.15) is 45.9 Å². The molecule has 1 aromatic heterocycles. The Balaban J connectivity index is 1.14. The monoisotopic (exact) mass is 829 g/mol. The van der Waals surface area contributed by atoms with Gasteiger partial charge in [-0.15, -0.1) is 0 Å². The highest BCUT2D eigenvalue weighted by Gasteiger charge is 2.48. The third-order valence-corrected chi connectivity index (χ3v) is 14.4. The maximum absolute atomic E-state index is 7.17. The second-order valence-corrected chi connectivity index (χ2v) is 17.7. The number of furan rings is 1. The summed E-state index contributed by atoms with van der Waals surface area (Å²) in [6, 6.07) is 89.1. The summed E-state index contributed by atoms with van der Waals surface area (Å²) in [7, 11) is 0. The standard InChI is InChI=1S/C63H43NO/c1-62(54-29-15-11-25-48(54)49-26-12-16-30-55(49)62)60-58(40-39-53-52-28-14-18-32-59(52)65-61(53)60)64(46-35-33-43(34-36-46)42-19-5-2-6-20-42)47-37-38-51-50-27-13-17-31-56(50)63(57(51)41-47,44-21-7-3-8-22-44)45-23-9-4-10-24-45/h2-41H,1H3. The zero-order valence-electron chi connectivity index (χ0n) is 35.9. The molecule has 1 heterocycles. The molecule has 11 aromatic rings. The normalized spacial score (nSPS) is 13.9. The second-order valence-electron chi connectivity index (χ2n) is 17.7. The zero-order valence-corrected chi connectivity index (χ0v) is 35.9. The first-order valence-electron chi connectivity index (χ1n) is 22.6. The summed E-state index contributed by atoms with van der Waals surface area (Å²) in [5, 5.41) is 2.22. The summed E-state index contributed by atoms with van der Waals surface area (Å²) in [4.78, 5) is 2.50. The molecular weight excluding hydrogens is 787 g/mol. The van der Waals surface area contributed by atoms with Gasteiger partial charge in [-0.25, -0.2) is 0 Å². The smallest absolute Gasteiger partial charge is 0.141 e. The van der Waals surface area contributed by atoms with Crippen LogP contribution in [0.25, 0.3) is 55.3 Å². The molecule has 2 heteroatoms. The molecule has 0 bridgehead atoms. The van der Waals surface area contributed by atoms with Crippen LogP contribution >= 0.6 is 0 Å². The minimum atomic E-state index is -0.580. The molecule has 0 N–H and O–H groups in total. The van der Waals surface area contributed by atoms with E-state index in [9.17, 15) is 0 Å². The van der Waals surface area contributed by atoms with Gasteiger partial charge in [-0.05, 0) is 116 Å². The van der Waals surface area contributed by atoms with Crippen molar-refractivity contribution in [1.82, 2.24) is 0 Å². The van der Waals surface area contributed by atoms with Gasteiger partial charge in [0.25, 0.3) is 0 Å². The van der Waals surface area contributed by atoms with Crippen molar-refractivity contribution in [2.24, 2.45) is 0 Å². The van der Waals surface area contributed by atoms with Crippen LogP contribution < -0.4 is 4.90 Å². The molecule has 0 radical (unpaired) electrons. The Morgan fingerprint density at radius 1 is 0.369 bits per heavy atom. The summed E-state index contributed by atoms with van der Waals surface area (Å²) >= 11 is 0. The van der Waals surface area contributed by atoms with E-state index in [0.717, 1.165) is 44.6 Å². The minimum absolute atomic E-state index is 0.561. The number of anilines is 3. The van der Waals surface area contributed by atoms with Gasteiger partial charge in [0, 0.05) is 33.1 Å². The molecule has 0 saturated carbocycles. The van der Waals surface area contributed by atoms with Gasteiger partial charge in [-0.3, -0.25) is 0 Å². The number of rotatable bonds is 7. The van der Waals surface area contributed by atoms with E-state index >= 15 is 0 Å². The van der Waals surface area contributed by atoms with E-state index in [1.807, 2.05) is 0 Å². The topological polar surface area (TPSA) is 16.4 Å². The fourth-order valence-corrected chi connectivity index (χ4v) is 11.6. The molecule has 65 heavy (non-hydrogen) atoms. The summed E-state index contributed by atoms with van der Waals surface area (Å²) in [6.45, 7) is 2.41. The number of para-hydroxylation sites is 1. The Hall–Kier alpha value is -8.20. The molecule has 0 saturated heterocycles. The van der Waals surface area contributed by atoms with E-state index in [1.165, 1.54) is 66.8 Å². The molecule has 10 aromatic carbocycles. The van der Waals surface area contributed by atoms with Crippen LogP contribution in [-0.2, 0) is 10.8 Å². The number of hydrogen-bond donors (Lipinski definition) is 0. The fourth-order valence-electron chi connectivity index (χ4n) is 11.6. The van der Waals surface area contributed by atoms with Gasteiger partial charge in [0.2, 0.25) is 0 Å². The lowest BCUT2D eigenvalue weighted by Crippen LogP contribution is -2.29.